The number of likely N-dealkylation sites (tertiary alicyclic amines) is 1. The minimum absolute atomic E-state index is 0.0672. The third-order valence-electron chi connectivity index (χ3n) is 5.49. The molecule has 0 aromatic rings. The van der Waals surface area contributed by atoms with Gasteiger partial charge >= 0.3 is 0 Å². The van der Waals surface area contributed by atoms with Crippen LogP contribution in [0.4, 0.5) is 0 Å². The molecule has 0 unspecified atom stereocenters. The Morgan fingerprint density at radius 2 is 2.08 bits per heavy atom. The van der Waals surface area contributed by atoms with Crippen molar-refractivity contribution in [2.75, 3.05) is 44.3 Å². The van der Waals surface area contributed by atoms with Gasteiger partial charge in [-0.1, -0.05) is 6.92 Å². The maximum Gasteiger partial charge on any atom is 0.237 e. The van der Waals surface area contributed by atoms with Crippen molar-refractivity contribution in [3.8, 4) is 0 Å². The lowest BCUT2D eigenvalue weighted by Gasteiger charge is -2.35. The van der Waals surface area contributed by atoms with Crippen molar-refractivity contribution in [1.82, 2.24) is 9.80 Å². The van der Waals surface area contributed by atoms with Crippen LogP contribution in [0.3, 0.4) is 0 Å². The van der Waals surface area contributed by atoms with Crippen LogP contribution in [0.15, 0.2) is 0 Å². The zero-order valence-electron chi connectivity index (χ0n) is 14.7. The van der Waals surface area contributed by atoms with Crippen LogP contribution >= 0.6 is 0 Å². The summed E-state index contributed by atoms with van der Waals surface area (Å²) in [4.78, 5) is 17.0. The van der Waals surface area contributed by atoms with Gasteiger partial charge in [0.1, 0.15) is 0 Å². The van der Waals surface area contributed by atoms with E-state index in [1.54, 1.807) is 0 Å². The first-order chi connectivity index (χ1) is 11.4. The van der Waals surface area contributed by atoms with Crippen molar-refractivity contribution < 1.29 is 17.9 Å². The third kappa shape index (κ3) is 4.70. The Morgan fingerprint density at radius 3 is 2.71 bits per heavy atom. The van der Waals surface area contributed by atoms with E-state index in [1.807, 2.05) is 4.90 Å². The van der Waals surface area contributed by atoms with Crippen LogP contribution in [-0.2, 0) is 19.4 Å². The van der Waals surface area contributed by atoms with E-state index >= 15 is 0 Å². The summed E-state index contributed by atoms with van der Waals surface area (Å²) in [5.74, 6) is 1.02. The van der Waals surface area contributed by atoms with Crippen LogP contribution in [0, 0.1) is 5.92 Å². The van der Waals surface area contributed by atoms with Gasteiger partial charge in [0.2, 0.25) is 5.91 Å². The molecule has 3 aliphatic rings. The molecule has 1 amide bonds. The number of carbonyl (C=O) groups is 1. The van der Waals surface area contributed by atoms with Gasteiger partial charge in [0.15, 0.2) is 9.84 Å². The summed E-state index contributed by atoms with van der Waals surface area (Å²) in [6, 6.07) is -0.172. The molecule has 3 atom stereocenters. The number of piperidine rings is 1. The molecule has 0 aromatic heterocycles. The average Bonchev–Trinajstić information content (AvgIpc) is 3.14. The largest absolute Gasteiger partial charge is 0.376 e. The average molecular weight is 359 g/mol. The standard InChI is InChI=1S/C17H30N2O4S/c1-14-4-2-7-18(10-14)12-17(20)19(11-16-5-3-8-23-16)15-6-9-24(21,22)13-15/h14-16H,2-13H2,1H3/t14-,15+,16-/m1/s1. The van der Waals surface area contributed by atoms with E-state index in [0.29, 0.717) is 25.4 Å². The molecule has 138 valence electrons. The van der Waals surface area contributed by atoms with E-state index in [2.05, 4.69) is 11.8 Å². The Morgan fingerprint density at radius 1 is 1.25 bits per heavy atom. The second-order valence-corrected chi connectivity index (χ2v) is 9.95. The smallest absolute Gasteiger partial charge is 0.237 e. The maximum absolute atomic E-state index is 12.9. The molecule has 6 nitrogen and oxygen atoms in total. The number of rotatable bonds is 5. The summed E-state index contributed by atoms with van der Waals surface area (Å²) < 4.78 is 29.4. The fourth-order valence-electron chi connectivity index (χ4n) is 4.20. The number of amides is 1. The molecule has 0 radical (unpaired) electrons. The zero-order chi connectivity index (χ0) is 17.2. The first-order valence-electron chi connectivity index (χ1n) is 9.27. The van der Waals surface area contributed by atoms with Crippen molar-refractivity contribution in [1.29, 1.82) is 0 Å². The van der Waals surface area contributed by atoms with Gasteiger partial charge in [-0.25, -0.2) is 8.42 Å². The first kappa shape index (κ1) is 18.1. The monoisotopic (exact) mass is 358 g/mol. The topological polar surface area (TPSA) is 66.9 Å². The normalized spacial score (nSPS) is 33.6. The minimum Gasteiger partial charge on any atom is -0.376 e. The molecular formula is C17H30N2O4S. The summed E-state index contributed by atoms with van der Waals surface area (Å²) in [5, 5.41) is 0. The molecular weight excluding hydrogens is 328 g/mol. The molecule has 0 aliphatic carbocycles. The van der Waals surface area contributed by atoms with E-state index in [0.717, 1.165) is 39.0 Å². The highest BCUT2D eigenvalue weighted by Crippen LogP contribution is 2.22. The van der Waals surface area contributed by atoms with Crippen LogP contribution in [0.1, 0.15) is 39.0 Å². The SMILES string of the molecule is C[C@@H]1CCCN(CC(=O)N(C[C@H]2CCCO2)[C@H]2CCS(=O)(=O)C2)C1. The van der Waals surface area contributed by atoms with Crippen LogP contribution in [0.2, 0.25) is 0 Å². The minimum atomic E-state index is -3.00. The van der Waals surface area contributed by atoms with Gasteiger partial charge in [-0.05, 0) is 44.6 Å². The Balaban J connectivity index is 1.64. The van der Waals surface area contributed by atoms with Crippen molar-refractivity contribution in [3.05, 3.63) is 0 Å². The summed E-state index contributed by atoms with van der Waals surface area (Å²) in [6.07, 6.45) is 4.99. The van der Waals surface area contributed by atoms with Crippen molar-refractivity contribution in [2.24, 2.45) is 5.92 Å². The first-order valence-corrected chi connectivity index (χ1v) is 11.1. The number of hydrogen-bond acceptors (Lipinski definition) is 5. The van der Waals surface area contributed by atoms with Crippen molar-refractivity contribution in [2.45, 2.75) is 51.2 Å². The second kappa shape index (κ2) is 7.70. The van der Waals surface area contributed by atoms with E-state index in [9.17, 15) is 13.2 Å². The van der Waals surface area contributed by atoms with Crippen molar-refractivity contribution in [3.63, 3.8) is 0 Å². The summed E-state index contributed by atoms with van der Waals surface area (Å²) in [7, 11) is -3.00. The maximum atomic E-state index is 12.9. The summed E-state index contributed by atoms with van der Waals surface area (Å²) in [6.45, 7) is 5.86. The lowest BCUT2D eigenvalue weighted by molar-refractivity contribution is -0.136. The molecule has 0 aromatic carbocycles. The second-order valence-electron chi connectivity index (χ2n) is 7.72. The van der Waals surface area contributed by atoms with Gasteiger partial charge in [0, 0.05) is 25.7 Å². The Labute approximate surface area is 145 Å². The molecule has 3 fully saturated rings. The summed E-state index contributed by atoms with van der Waals surface area (Å²) >= 11 is 0. The van der Waals surface area contributed by atoms with Gasteiger partial charge in [0.05, 0.1) is 24.2 Å². The van der Waals surface area contributed by atoms with Crippen LogP contribution in [0.5, 0.6) is 0 Å². The molecule has 0 bridgehead atoms. The number of hydrogen-bond donors (Lipinski definition) is 0. The zero-order valence-corrected chi connectivity index (χ0v) is 15.5. The fourth-order valence-corrected chi connectivity index (χ4v) is 5.93. The molecule has 24 heavy (non-hydrogen) atoms. The number of carbonyl (C=O) groups excluding carboxylic acids is 1. The van der Waals surface area contributed by atoms with Gasteiger partial charge in [0.25, 0.3) is 0 Å². The van der Waals surface area contributed by atoms with Crippen molar-refractivity contribution >= 4 is 15.7 Å². The van der Waals surface area contributed by atoms with Crippen LogP contribution < -0.4 is 0 Å². The lowest BCUT2D eigenvalue weighted by Crippen LogP contribution is -2.50. The van der Waals surface area contributed by atoms with E-state index in [-0.39, 0.29) is 29.6 Å². The van der Waals surface area contributed by atoms with Crippen LogP contribution in [0.25, 0.3) is 0 Å². The van der Waals surface area contributed by atoms with Gasteiger partial charge in [-0.2, -0.15) is 0 Å². The molecule has 3 heterocycles. The highest BCUT2D eigenvalue weighted by Gasteiger charge is 2.36. The number of nitrogens with zero attached hydrogens (tertiary/aromatic N) is 2. The summed E-state index contributed by atoms with van der Waals surface area (Å²) in [5.41, 5.74) is 0. The molecule has 0 spiro atoms. The lowest BCUT2D eigenvalue weighted by atomic mass is 10.0. The predicted octanol–water partition coefficient (Wildman–Crippen LogP) is 0.913. The molecule has 0 N–H and O–H groups in total. The number of ether oxygens (including phenoxy) is 1. The Hall–Kier alpha value is -0.660. The van der Waals surface area contributed by atoms with E-state index < -0.39 is 9.84 Å². The van der Waals surface area contributed by atoms with Crippen LogP contribution in [-0.4, -0.2) is 80.6 Å². The van der Waals surface area contributed by atoms with Gasteiger partial charge in [-0.15, -0.1) is 0 Å². The molecule has 3 aliphatic heterocycles. The fraction of sp³-hybridized carbons (Fsp3) is 0.941. The van der Waals surface area contributed by atoms with E-state index in [4.69, 9.17) is 4.74 Å². The third-order valence-corrected chi connectivity index (χ3v) is 7.24. The molecule has 3 rings (SSSR count). The highest BCUT2D eigenvalue weighted by atomic mass is 32.2. The number of sulfone groups is 1. The quantitative estimate of drug-likeness (QED) is 0.731. The van der Waals surface area contributed by atoms with Gasteiger partial charge in [-0.3, -0.25) is 9.69 Å². The van der Waals surface area contributed by atoms with E-state index in [1.165, 1.54) is 6.42 Å². The Kier molecular flexibility index (Phi) is 5.82. The molecule has 0 saturated carbocycles. The Bertz CT molecular complexity index is 545. The van der Waals surface area contributed by atoms with Gasteiger partial charge < -0.3 is 9.64 Å². The molecule has 7 heteroatoms. The highest BCUT2D eigenvalue weighted by molar-refractivity contribution is 7.91. The molecule has 3 saturated heterocycles. The predicted molar refractivity (Wildman–Crippen MR) is 92.6 cm³/mol.